The molecular weight excluding hydrogens is 174 g/mol. The summed E-state index contributed by atoms with van der Waals surface area (Å²) in [6.45, 7) is 7.88. The van der Waals surface area contributed by atoms with Crippen LogP contribution in [0.4, 0.5) is 0 Å². The van der Waals surface area contributed by atoms with Gasteiger partial charge < -0.3 is 9.88 Å². The molecule has 0 bridgehead atoms. The molecular formula is C11H19N3. The van der Waals surface area contributed by atoms with E-state index in [-0.39, 0.29) is 0 Å². The van der Waals surface area contributed by atoms with Crippen molar-refractivity contribution in [3.63, 3.8) is 0 Å². The van der Waals surface area contributed by atoms with E-state index < -0.39 is 0 Å². The van der Waals surface area contributed by atoms with Crippen LogP contribution in [0.2, 0.25) is 0 Å². The van der Waals surface area contributed by atoms with Gasteiger partial charge in [0.05, 0.1) is 6.33 Å². The average Bonchev–Trinajstić information content (AvgIpc) is 2.52. The first kappa shape index (κ1) is 9.71. The zero-order valence-electron chi connectivity index (χ0n) is 9.08. The van der Waals surface area contributed by atoms with Crippen molar-refractivity contribution in [2.75, 3.05) is 13.1 Å². The molecule has 1 atom stereocenters. The number of aryl methyl sites for hydroxylation is 1. The smallest absolute Gasteiger partial charge is 0.0948 e. The number of aromatic nitrogens is 2. The summed E-state index contributed by atoms with van der Waals surface area (Å²) < 4.78 is 2.26. The van der Waals surface area contributed by atoms with Crippen LogP contribution in [-0.4, -0.2) is 22.6 Å². The molecule has 1 aliphatic rings. The predicted molar refractivity (Wildman–Crippen MR) is 57.2 cm³/mol. The van der Waals surface area contributed by atoms with Gasteiger partial charge in [0.15, 0.2) is 0 Å². The number of imidazole rings is 1. The fraction of sp³-hybridized carbons (Fsp3) is 0.727. The van der Waals surface area contributed by atoms with Gasteiger partial charge in [-0.15, -0.1) is 0 Å². The number of hydrogen-bond donors (Lipinski definition) is 1. The molecule has 14 heavy (non-hydrogen) atoms. The Morgan fingerprint density at radius 1 is 1.64 bits per heavy atom. The highest BCUT2D eigenvalue weighted by molar-refractivity contribution is 4.96. The summed E-state index contributed by atoms with van der Waals surface area (Å²) in [7, 11) is 0. The van der Waals surface area contributed by atoms with Crippen molar-refractivity contribution in [1.82, 2.24) is 14.9 Å². The lowest BCUT2D eigenvalue weighted by Gasteiger charge is -2.34. The zero-order chi connectivity index (χ0) is 10.0. The molecule has 2 rings (SSSR count). The molecule has 1 N–H and O–H groups in total. The first-order valence-corrected chi connectivity index (χ1v) is 5.37. The van der Waals surface area contributed by atoms with Gasteiger partial charge in [-0.3, -0.25) is 0 Å². The summed E-state index contributed by atoms with van der Waals surface area (Å²) in [5, 5.41) is 3.47. The van der Waals surface area contributed by atoms with E-state index in [1.807, 2.05) is 12.5 Å². The normalized spacial score (nSPS) is 27.9. The van der Waals surface area contributed by atoms with Gasteiger partial charge in [0.2, 0.25) is 0 Å². The summed E-state index contributed by atoms with van der Waals surface area (Å²) in [6.07, 6.45) is 6.48. The lowest BCUT2D eigenvalue weighted by atomic mass is 9.82. The lowest BCUT2D eigenvalue weighted by Crippen LogP contribution is -2.40. The highest BCUT2D eigenvalue weighted by atomic mass is 15.1. The fourth-order valence-electron chi connectivity index (χ4n) is 2.22. The number of nitrogens with zero attached hydrogens (tertiary/aromatic N) is 2. The number of nitrogens with one attached hydrogen (secondary N) is 1. The third-order valence-corrected chi connectivity index (χ3v) is 3.16. The second-order valence-electron chi connectivity index (χ2n) is 4.75. The maximum atomic E-state index is 4.16. The van der Waals surface area contributed by atoms with Gasteiger partial charge in [-0.25, -0.2) is 4.98 Å². The monoisotopic (exact) mass is 193 g/mol. The Morgan fingerprint density at radius 2 is 2.50 bits per heavy atom. The Bertz CT molecular complexity index is 297. The molecule has 1 aliphatic heterocycles. The van der Waals surface area contributed by atoms with E-state index in [1.54, 1.807) is 0 Å². The number of rotatable bonds is 2. The van der Waals surface area contributed by atoms with Crippen molar-refractivity contribution in [2.45, 2.75) is 33.2 Å². The number of piperidine rings is 1. The molecule has 3 heteroatoms. The summed E-state index contributed by atoms with van der Waals surface area (Å²) in [6, 6.07) is 0. The largest absolute Gasteiger partial charge is 0.334 e. The molecule has 2 heterocycles. The molecule has 1 saturated heterocycles. The van der Waals surface area contributed by atoms with Crippen LogP contribution >= 0.6 is 0 Å². The van der Waals surface area contributed by atoms with Gasteiger partial charge in [-0.1, -0.05) is 6.92 Å². The van der Waals surface area contributed by atoms with Gasteiger partial charge in [-0.05, 0) is 31.7 Å². The van der Waals surface area contributed by atoms with E-state index in [4.69, 9.17) is 0 Å². The summed E-state index contributed by atoms with van der Waals surface area (Å²) >= 11 is 0. The topological polar surface area (TPSA) is 29.9 Å². The second-order valence-corrected chi connectivity index (χ2v) is 4.75. The Kier molecular flexibility index (Phi) is 2.59. The maximum absolute atomic E-state index is 4.16. The van der Waals surface area contributed by atoms with E-state index in [2.05, 4.69) is 28.7 Å². The van der Waals surface area contributed by atoms with E-state index in [1.165, 1.54) is 25.1 Å². The van der Waals surface area contributed by atoms with Crippen LogP contribution in [-0.2, 0) is 6.54 Å². The van der Waals surface area contributed by atoms with Crippen LogP contribution in [0.3, 0.4) is 0 Å². The third-order valence-electron chi connectivity index (χ3n) is 3.16. The van der Waals surface area contributed by atoms with Crippen LogP contribution in [0.25, 0.3) is 0 Å². The first-order valence-electron chi connectivity index (χ1n) is 5.37. The molecule has 1 fully saturated rings. The van der Waals surface area contributed by atoms with Crippen molar-refractivity contribution >= 4 is 0 Å². The summed E-state index contributed by atoms with van der Waals surface area (Å²) in [4.78, 5) is 4.16. The van der Waals surface area contributed by atoms with Gasteiger partial charge >= 0.3 is 0 Å². The minimum atomic E-state index is 0.406. The summed E-state index contributed by atoms with van der Waals surface area (Å²) in [5.41, 5.74) is 1.67. The van der Waals surface area contributed by atoms with Crippen molar-refractivity contribution < 1.29 is 0 Å². The fourth-order valence-corrected chi connectivity index (χ4v) is 2.22. The highest BCUT2D eigenvalue weighted by Gasteiger charge is 2.27. The molecule has 0 amide bonds. The first-order chi connectivity index (χ1) is 6.70. The van der Waals surface area contributed by atoms with Crippen LogP contribution in [0.1, 0.15) is 25.5 Å². The van der Waals surface area contributed by atoms with Crippen molar-refractivity contribution in [3.05, 3.63) is 18.2 Å². The number of hydrogen-bond acceptors (Lipinski definition) is 2. The van der Waals surface area contributed by atoms with Crippen molar-refractivity contribution in [1.29, 1.82) is 0 Å². The Hall–Kier alpha value is -0.830. The van der Waals surface area contributed by atoms with Gasteiger partial charge in [0.1, 0.15) is 0 Å². The Morgan fingerprint density at radius 3 is 3.07 bits per heavy atom. The zero-order valence-corrected chi connectivity index (χ0v) is 9.08. The van der Waals surface area contributed by atoms with Crippen molar-refractivity contribution in [2.24, 2.45) is 5.41 Å². The molecule has 0 aromatic carbocycles. The minimum absolute atomic E-state index is 0.406. The Labute approximate surface area is 85.5 Å². The van der Waals surface area contributed by atoms with Crippen molar-refractivity contribution in [3.8, 4) is 0 Å². The van der Waals surface area contributed by atoms with E-state index in [0.717, 1.165) is 13.1 Å². The molecule has 0 saturated carbocycles. The molecule has 3 nitrogen and oxygen atoms in total. The molecule has 1 unspecified atom stereocenters. The maximum Gasteiger partial charge on any atom is 0.0948 e. The molecule has 1 aromatic heterocycles. The molecule has 78 valence electrons. The predicted octanol–water partition coefficient (Wildman–Crippen LogP) is 1.58. The second kappa shape index (κ2) is 3.73. The molecule has 1 aromatic rings. The lowest BCUT2D eigenvalue weighted by molar-refractivity contribution is 0.200. The van der Waals surface area contributed by atoms with Crippen LogP contribution < -0.4 is 5.32 Å². The van der Waals surface area contributed by atoms with Crippen LogP contribution in [0.5, 0.6) is 0 Å². The molecule has 0 radical (unpaired) electrons. The standard InChI is InChI=1S/C11H19N3/c1-10-6-13-9-14(10)8-11(2)4-3-5-12-7-11/h6,9,12H,3-5,7-8H2,1-2H3. The quantitative estimate of drug-likeness (QED) is 0.773. The van der Waals surface area contributed by atoms with E-state index in [0.29, 0.717) is 5.41 Å². The van der Waals surface area contributed by atoms with Crippen LogP contribution in [0.15, 0.2) is 12.5 Å². The highest BCUT2D eigenvalue weighted by Crippen LogP contribution is 2.27. The molecule has 0 spiro atoms. The minimum Gasteiger partial charge on any atom is -0.334 e. The SMILES string of the molecule is Cc1cncn1CC1(C)CCCNC1. The summed E-state index contributed by atoms with van der Waals surface area (Å²) in [5.74, 6) is 0. The third kappa shape index (κ3) is 1.98. The van der Waals surface area contributed by atoms with E-state index in [9.17, 15) is 0 Å². The Balaban J connectivity index is 2.05. The molecule has 0 aliphatic carbocycles. The van der Waals surface area contributed by atoms with Gasteiger partial charge in [0, 0.05) is 25.0 Å². The average molecular weight is 193 g/mol. The van der Waals surface area contributed by atoms with Gasteiger partial charge in [-0.2, -0.15) is 0 Å². The van der Waals surface area contributed by atoms with E-state index >= 15 is 0 Å². The van der Waals surface area contributed by atoms with Crippen LogP contribution in [0, 0.1) is 12.3 Å². The van der Waals surface area contributed by atoms with Gasteiger partial charge in [0.25, 0.3) is 0 Å².